The molecule has 1 amide bonds. The summed E-state index contributed by atoms with van der Waals surface area (Å²) in [6.07, 6.45) is 4.42. The maximum absolute atomic E-state index is 13.6. The number of benzene rings is 2. The average Bonchev–Trinajstić information content (AvgIpc) is 3.65. The van der Waals surface area contributed by atoms with Gasteiger partial charge in [0.15, 0.2) is 0 Å². The number of halogens is 2. The van der Waals surface area contributed by atoms with Gasteiger partial charge in [-0.15, -0.1) is 0 Å². The first-order valence-electron chi connectivity index (χ1n) is 10.2. The van der Waals surface area contributed by atoms with Crippen molar-refractivity contribution in [3.05, 3.63) is 52.5 Å². The van der Waals surface area contributed by atoms with E-state index in [2.05, 4.69) is 5.32 Å². The molecule has 0 aromatic heterocycles. The van der Waals surface area contributed by atoms with Crippen LogP contribution in [0.15, 0.2) is 47.4 Å². The standard InChI is InChI=1S/C22H24Cl2N2O4S/c1-30-19-5-3-2-4-18(19)26(31(28,29)20-12-16(23)10-11-17(20)24)13-21(27)25-22(14-6-7-14)15-8-9-15/h2-5,10-12,14-15,22H,6-9,13H2,1H3,(H,25,27). The zero-order chi connectivity index (χ0) is 22.2. The summed E-state index contributed by atoms with van der Waals surface area (Å²) in [5.74, 6) is 0.972. The topological polar surface area (TPSA) is 75.7 Å². The van der Waals surface area contributed by atoms with Crippen molar-refractivity contribution < 1.29 is 17.9 Å². The van der Waals surface area contributed by atoms with Gasteiger partial charge in [-0.2, -0.15) is 0 Å². The summed E-state index contributed by atoms with van der Waals surface area (Å²) in [6.45, 7) is -0.387. The van der Waals surface area contributed by atoms with Gasteiger partial charge in [0.1, 0.15) is 17.2 Å². The van der Waals surface area contributed by atoms with Gasteiger partial charge in [0.05, 0.1) is 17.8 Å². The number of hydrogen-bond acceptors (Lipinski definition) is 4. The largest absolute Gasteiger partial charge is 0.495 e. The molecule has 2 aromatic carbocycles. The molecule has 4 rings (SSSR count). The highest BCUT2D eigenvalue weighted by Gasteiger charge is 2.42. The van der Waals surface area contributed by atoms with E-state index in [1.165, 1.54) is 25.3 Å². The average molecular weight is 483 g/mol. The van der Waals surface area contributed by atoms with Crippen LogP contribution in [-0.2, 0) is 14.8 Å². The highest BCUT2D eigenvalue weighted by Crippen LogP contribution is 2.44. The van der Waals surface area contributed by atoms with Gasteiger partial charge in [-0.05, 0) is 67.9 Å². The van der Waals surface area contributed by atoms with Crippen LogP contribution in [0, 0.1) is 11.8 Å². The third kappa shape index (κ3) is 4.94. The van der Waals surface area contributed by atoms with E-state index in [0.717, 1.165) is 30.0 Å². The van der Waals surface area contributed by atoms with Gasteiger partial charge in [-0.3, -0.25) is 9.10 Å². The molecule has 0 saturated heterocycles. The third-order valence-corrected chi connectivity index (χ3v) is 8.17. The lowest BCUT2D eigenvalue weighted by molar-refractivity contribution is -0.120. The number of ether oxygens (including phenoxy) is 1. The molecule has 0 atom stereocenters. The van der Waals surface area contributed by atoms with Crippen molar-refractivity contribution in [2.24, 2.45) is 11.8 Å². The summed E-state index contributed by atoms with van der Waals surface area (Å²) in [5.41, 5.74) is 0.255. The third-order valence-electron chi connectivity index (χ3n) is 5.69. The van der Waals surface area contributed by atoms with Crippen LogP contribution in [0.3, 0.4) is 0 Å². The maximum Gasteiger partial charge on any atom is 0.266 e. The minimum Gasteiger partial charge on any atom is -0.495 e. The molecule has 2 aliphatic rings. The molecule has 0 aliphatic heterocycles. The zero-order valence-electron chi connectivity index (χ0n) is 17.1. The highest BCUT2D eigenvalue weighted by atomic mass is 35.5. The Morgan fingerprint density at radius 1 is 1.13 bits per heavy atom. The van der Waals surface area contributed by atoms with E-state index in [1.54, 1.807) is 24.3 Å². The molecule has 2 aliphatic carbocycles. The predicted molar refractivity (Wildman–Crippen MR) is 121 cm³/mol. The number of methoxy groups -OCH3 is 1. The molecule has 166 valence electrons. The lowest BCUT2D eigenvalue weighted by Gasteiger charge is -2.27. The molecule has 0 unspecified atom stereocenters. The molecule has 0 heterocycles. The van der Waals surface area contributed by atoms with Gasteiger partial charge in [0.25, 0.3) is 10.0 Å². The molecule has 6 nitrogen and oxygen atoms in total. The predicted octanol–water partition coefficient (Wildman–Crippen LogP) is 4.50. The molecule has 0 spiro atoms. The van der Waals surface area contributed by atoms with Gasteiger partial charge in [-0.25, -0.2) is 8.42 Å². The van der Waals surface area contributed by atoms with Crippen LogP contribution in [0.4, 0.5) is 5.69 Å². The number of carbonyl (C=O) groups excluding carboxylic acids is 1. The summed E-state index contributed by atoms with van der Waals surface area (Å²) in [7, 11) is -2.75. The van der Waals surface area contributed by atoms with Crippen LogP contribution >= 0.6 is 23.2 Å². The van der Waals surface area contributed by atoms with Crippen molar-refractivity contribution in [3.8, 4) is 5.75 Å². The first kappa shape index (κ1) is 22.2. The number of para-hydroxylation sites is 2. The number of carbonyl (C=O) groups is 1. The first-order valence-corrected chi connectivity index (χ1v) is 12.4. The van der Waals surface area contributed by atoms with Crippen molar-refractivity contribution in [1.29, 1.82) is 0 Å². The number of rotatable bonds is 9. The Morgan fingerprint density at radius 2 is 1.77 bits per heavy atom. The molecule has 31 heavy (non-hydrogen) atoms. The lowest BCUT2D eigenvalue weighted by atomic mass is 10.1. The number of nitrogens with one attached hydrogen (secondary N) is 1. The van der Waals surface area contributed by atoms with Crippen molar-refractivity contribution in [3.63, 3.8) is 0 Å². The summed E-state index contributed by atoms with van der Waals surface area (Å²) in [5, 5.41) is 3.34. The van der Waals surface area contributed by atoms with Crippen LogP contribution in [-0.4, -0.2) is 34.0 Å². The van der Waals surface area contributed by atoms with Gasteiger partial charge >= 0.3 is 0 Å². The molecule has 2 aromatic rings. The van der Waals surface area contributed by atoms with Gasteiger partial charge in [-0.1, -0.05) is 35.3 Å². The van der Waals surface area contributed by atoms with E-state index in [1.807, 2.05) is 0 Å². The minimum atomic E-state index is -4.20. The Kier molecular flexibility index (Phi) is 6.37. The van der Waals surface area contributed by atoms with Crippen LogP contribution in [0.1, 0.15) is 25.7 Å². The molecule has 2 saturated carbocycles. The summed E-state index contributed by atoms with van der Waals surface area (Å²) in [4.78, 5) is 12.8. The fraction of sp³-hybridized carbons (Fsp3) is 0.409. The monoisotopic (exact) mass is 482 g/mol. The van der Waals surface area contributed by atoms with Crippen LogP contribution in [0.25, 0.3) is 0 Å². The summed E-state index contributed by atoms with van der Waals surface area (Å²) in [6, 6.07) is 11.0. The Balaban J connectivity index is 1.69. The number of anilines is 1. The smallest absolute Gasteiger partial charge is 0.266 e. The van der Waals surface area contributed by atoms with E-state index in [4.69, 9.17) is 27.9 Å². The van der Waals surface area contributed by atoms with E-state index >= 15 is 0 Å². The Labute approximate surface area is 192 Å². The number of nitrogens with zero attached hydrogens (tertiary/aromatic N) is 1. The summed E-state index contributed by atoms with van der Waals surface area (Å²) >= 11 is 12.3. The van der Waals surface area contributed by atoms with E-state index in [0.29, 0.717) is 17.6 Å². The van der Waals surface area contributed by atoms with Crippen LogP contribution in [0.5, 0.6) is 5.75 Å². The normalized spacial score (nSPS) is 16.3. The molecule has 9 heteroatoms. The fourth-order valence-electron chi connectivity index (χ4n) is 3.82. The van der Waals surface area contributed by atoms with Crippen LogP contribution in [0.2, 0.25) is 10.0 Å². The molecule has 2 fully saturated rings. The molecular weight excluding hydrogens is 459 g/mol. The molecule has 0 radical (unpaired) electrons. The fourth-order valence-corrected chi connectivity index (χ4v) is 5.99. The van der Waals surface area contributed by atoms with Crippen LogP contribution < -0.4 is 14.4 Å². The van der Waals surface area contributed by atoms with Crippen molar-refractivity contribution >= 4 is 44.8 Å². The van der Waals surface area contributed by atoms with E-state index < -0.39 is 10.0 Å². The Bertz CT molecular complexity index is 1070. The number of amides is 1. The summed E-state index contributed by atoms with van der Waals surface area (Å²) < 4.78 is 33.7. The van der Waals surface area contributed by atoms with Crippen molar-refractivity contribution in [2.45, 2.75) is 36.6 Å². The van der Waals surface area contributed by atoms with Gasteiger partial charge < -0.3 is 10.1 Å². The first-order chi connectivity index (χ1) is 14.8. The zero-order valence-corrected chi connectivity index (χ0v) is 19.4. The van der Waals surface area contributed by atoms with Gasteiger partial charge in [0.2, 0.25) is 5.91 Å². The Hall–Kier alpha value is -1.96. The van der Waals surface area contributed by atoms with E-state index in [9.17, 15) is 13.2 Å². The molecule has 1 N–H and O–H groups in total. The minimum absolute atomic E-state index is 0.0264. The molecular formula is C22H24Cl2N2O4S. The SMILES string of the molecule is COc1ccccc1N(CC(=O)NC(C1CC1)C1CC1)S(=O)(=O)c1cc(Cl)ccc1Cl. The van der Waals surface area contributed by atoms with Crippen molar-refractivity contribution in [2.75, 3.05) is 18.0 Å². The second-order valence-electron chi connectivity index (χ2n) is 8.03. The quantitative estimate of drug-likeness (QED) is 0.570. The van der Waals surface area contributed by atoms with Crippen molar-refractivity contribution in [1.82, 2.24) is 5.32 Å². The second-order valence-corrected chi connectivity index (χ2v) is 10.7. The lowest BCUT2D eigenvalue weighted by Crippen LogP contribution is -2.46. The highest BCUT2D eigenvalue weighted by molar-refractivity contribution is 7.93. The van der Waals surface area contributed by atoms with E-state index in [-0.39, 0.29) is 39.1 Å². The maximum atomic E-state index is 13.6. The molecule has 0 bridgehead atoms. The Morgan fingerprint density at radius 3 is 2.39 bits per heavy atom. The van der Waals surface area contributed by atoms with Gasteiger partial charge in [0, 0.05) is 11.1 Å². The number of hydrogen-bond donors (Lipinski definition) is 1. The number of sulfonamides is 1. The second kappa shape index (κ2) is 8.88.